The minimum atomic E-state index is -0.399. The van der Waals surface area contributed by atoms with Gasteiger partial charge in [0.15, 0.2) is 0 Å². The fourth-order valence-electron chi connectivity index (χ4n) is 2.35. The molecule has 1 aliphatic rings. The standard InChI is InChI=1S/C16H24N2O3/c1-4-15(18-16(2,3)10-19)21-13-7-5-6-12-11(13)8-9-14(20)17-12/h5-7,15,18-19H,4,8-10H2,1-3H3,(H,17,20). The summed E-state index contributed by atoms with van der Waals surface area (Å²) < 4.78 is 6.06. The van der Waals surface area contributed by atoms with E-state index in [0.29, 0.717) is 12.8 Å². The molecular formula is C16H24N2O3. The van der Waals surface area contributed by atoms with Crippen molar-refractivity contribution in [1.29, 1.82) is 0 Å². The first kappa shape index (κ1) is 15.8. The second-order valence-electron chi connectivity index (χ2n) is 6.03. The van der Waals surface area contributed by atoms with E-state index < -0.39 is 5.54 Å². The lowest BCUT2D eigenvalue weighted by atomic mass is 10.0. The van der Waals surface area contributed by atoms with Gasteiger partial charge in [-0.25, -0.2) is 0 Å². The van der Waals surface area contributed by atoms with Gasteiger partial charge in [0.25, 0.3) is 0 Å². The molecule has 0 aliphatic carbocycles. The van der Waals surface area contributed by atoms with Gasteiger partial charge in [-0.2, -0.15) is 0 Å². The van der Waals surface area contributed by atoms with Gasteiger partial charge >= 0.3 is 0 Å². The monoisotopic (exact) mass is 292 g/mol. The predicted molar refractivity (Wildman–Crippen MR) is 82.4 cm³/mol. The van der Waals surface area contributed by atoms with E-state index in [9.17, 15) is 9.90 Å². The molecule has 5 nitrogen and oxygen atoms in total. The van der Waals surface area contributed by atoms with Crippen LogP contribution in [0.5, 0.6) is 5.75 Å². The van der Waals surface area contributed by atoms with E-state index in [-0.39, 0.29) is 18.7 Å². The number of aliphatic hydroxyl groups is 1. The van der Waals surface area contributed by atoms with Crippen LogP contribution in [0.15, 0.2) is 18.2 Å². The first-order valence-electron chi connectivity index (χ1n) is 7.42. The molecule has 1 unspecified atom stereocenters. The van der Waals surface area contributed by atoms with E-state index in [1.807, 2.05) is 39.0 Å². The van der Waals surface area contributed by atoms with Crippen LogP contribution in [0.4, 0.5) is 5.69 Å². The number of rotatable bonds is 6. The Balaban J connectivity index is 2.15. The highest BCUT2D eigenvalue weighted by atomic mass is 16.5. The number of anilines is 1. The van der Waals surface area contributed by atoms with Crippen molar-refractivity contribution >= 4 is 11.6 Å². The highest BCUT2D eigenvalue weighted by Gasteiger charge is 2.24. The second-order valence-corrected chi connectivity index (χ2v) is 6.03. The number of nitrogens with one attached hydrogen (secondary N) is 2. The lowest BCUT2D eigenvalue weighted by Crippen LogP contribution is -2.50. The normalized spacial score (nSPS) is 16.1. The van der Waals surface area contributed by atoms with Crippen molar-refractivity contribution in [2.24, 2.45) is 0 Å². The van der Waals surface area contributed by atoms with Crippen molar-refractivity contribution in [3.8, 4) is 5.75 Å². The molecule has 0 saturated carbocycles. The van der Waals surface area contributed by atoms with Crippen molar-refractivity contribution in [2.45, 2.75) is 51.8 Å². The Bertz CT molecular complexity index is 514. The van der Waals surface area contributed by atoms with Crippen molar-refractivity contribution in [3.63, 3.8) is 0 Å². The van der Waals surface area contributed by atoms with Gasteiger partial charge in [0.05, 0.1) is 6.61 Å². The first-order valence-corrected chi connectivity index (χ1v) is 7.42. The van der Waals surface area contributed by atoms with Crippen molar-refractivity contribution in [1.82, 2.24) is 5.32 Å². The average molecular weight is 292 g/mol. The zero-order valence-corrected chi connectivity index (χ0v) is 12.9. The number of amides is 1. The topological polar surface area (TPSA) is 70.6 Å². The van der Waals surface area contributed by atoms with Crippen LogP contribution in [0.3, 0.4) is 0 Å². The minimum absolute atomic E-state index is 0.0375. The molecule has 0 fully saturated rings. The lowest BCUT2D eigenvalue weighted by molar-refractivity contribution is -0.116. The second kappa shape index (κ2) is 6.45. The lowest BCUT2D eigenvalue weighted by Gasteiger charge is -2.31. The Kier molecular flexibility index (Phi) is 4.85. The molecule has 1 atom stereocenters. The van der Waals surface area contributed by atoms with E-state index in [0.717, 1.165) is 23.4 Å². The summed E-state index contributed by atoms with van der Waals surface area (Å²) in [5, 5.41) is 15.5. The van der Waals surface area contributed by atoms with Gasteiger partial charge in [0.2, 0.25) is 5.91 Å². The van der Waals surface area contributed by atoms with E-state index in [2.05, 4.69) is 10.6 Å². The van der Waals surface area contributed by atoms with Crippen LogP contribution in [-0.2, 0) is 11.2 Å². The predicted octanol–water partition coefficient (Wildman–Crippen LogP) is 2.05. The molecular weight excluding hydrogens is 268 g/mol. The third-order valence-electron chi connectivity index (χ3n) is 3.60. The fraction of sp³-hybridized carbons (Fsp3) is 0.562. The molecule has 3 N–H and O–H groups in total. The average Bonchev–Trinajstić information content (AvgIpc) is 2.46. The van der Waals surface area contributed by atoms with Gasteiger partial charge in [0, 0.05) is 23.2 Å². The zero-order valence-electron chi connectivity index (χ0n) is 12.9. The van der Waals surface area contributed by atoms with Gasteiger partial charge in [-0.1, -0.05) is 13.0 Å². The number of fused-ring (bicyclic) bond motifs is 1. The Morgan fingerprint density at radius 2 is 2.19 bits per heavy atom. The number of benzene rings is 1. The first-order chi connectivity index (χ1) is 9.95. The molecule has 116 valence electrons. The number of carbonyl (C=O) groups excluding carboxylic acids is 1. The molecule has 0 bridgehead atoms. The molecule has 1 amide bonds. The van der Waals surface area contributed by atoms with Gasteiger partial charge < -0.3 is 15.2 Å². The van der Waals surface area contributed by atoms with Gasteiger partial charge in [-0.3, -0.25) is 10.1 Å². The molecule has 0 radical (unpaired) electrons. The van der Waals surface area contributed by atoms with Crippen molar-refractivity contribution < 1.29 is 14.6 Å². The molecule has 0 spiro atoms. The van der Waals surface area contributed by atoms with Crippen LogP contribution in [0, 0.1) is 0 Å². The molecule has 5 heteroatoms. The quantitative estimate of drug-likeness (QED) is 0.702. The van der Waals surface area contributed by atoms with Gasteiger partial charge in [0.1, 0.15) is 12.0 Å². The molecule has 1 heterocycles. The molecule has 1 aliphatic heterocycles. The van der Waals surface area contributed by atoms with Crippen molar-refractivity contribution in [2.75, 3.05) is 11.9 Å². The highest BCUT2D eigenvalue weighted by Crippen LogP contribution is 2.31. The van der Waals surface area contributed by atoms with E-state index >= 15 is 0 Å². The van der Waals surface area contributed by atoms with Gasteiger partial charge in [-0.15, -0.1) is 0 Å². The van der Waals surface area contributed by atoms with Crippen LogP contribution < -0.4 is 15.4 Å². The largest absolute Gasteiger partial charge is 0.475 e. The summed E-state index contributed by atoms with van der Waals surface area (Å²) in [4.78, 5) is 11.4. The maximum absolute atomic E-state index is 11.4. The Morgan fingerprint density at radius 3 is 2.86 bits per heavy atom. The molecule has 1 aromatic carbocycles. The van der Waals surface area contributed by atoms with Gasteiger partial charge in [-0.05, 0) is 38.8 Å². The van der Waals surface area contributed by atoms with Crippen LogP contribution in [0.25, 0.3) is 0 Å². The van der Waals surface area contributed by atoms with E-state index in [1.54, 1.807) is 0 Å². The third-order valence-corrected chi connectivity index (χ3v) is 3.60. The molecule has 1 aromatic rings. The summed E-state index contributed by atoms with van der Waals surface area (Å²) in [6.07, 6.45) is 1.77. The summed E-state index contributed by atoms with van der Waals surface area (Å²) >= 11 is 0. The van der Waals surface area contributed by atoms with Crippen LogP contribution in [0.2, 0.25) is 0 Å². The number of carbonyl (C=O) groups is 1. The van der Waals surface area contributed by atoms with Crippen molar-refractivity contribution in [3.05, 3.63) is 23.8 Å². The number of ether oxygens (including phenoxy) is 1. The van der Waals surface area contributed by atoms with Crippen LogP contribution in [-0.4, -0.2) is 29.4 Å². The Hall–Kier alpha value is -1.59. The minimum Gasteiger partial charge on any atom is -0.475 e. The SMILES string of the molecule is CCC(NC(C)(C)CO)Oc1cccc2c1CCC(=O)N2. The van der Waals surface area contributed by atoms with E-state index in [4.69, 9.17) is 4.74 Å². The Morgan fingerprint density at radius 1 is 1.43 bits per heavy atom. The summed E-state index contributed by atoms with van der Waals surface area (Å²) in [5.74, 6) is 0.840. The zero-order chi connectivity index (χ0) is 15.5. The third kappa shape index (κ3) is 3.95. The Labute approximate surface area is 125 Å². The maximum Gasteiger partial charge on any atom is 0.224 e. The highest BCUT2D eigenvalue weighted by molar-refractivity contribution is 5.94. The molecule has 2 rings (SSSR count). The number of aliphatic hydroxyl groups excluding tert-OH is 1. The van der Waals surface area contributed by atoms with Crippen LogP contribution in [0.1, 0.15) is 39.2 Å². The maximum atomic E-state index is 11.4. The summed E-state index contributed by atoms with van der Waals surface area (Å²) in [6.45, 7) is 5.93. The number of hydrogen-bond donors (Lipinski definition) is 3. The van der Waals surface area contributed by atoms with Crippen LogP contribution >= 0.6 is 0 Å². The summed E-state index contributed by atoms with van der Waals surface area (Å²) in [7, 11) is 0. The number of hydrogen-bond acceptors (Lipinski definition) is 4. The molecule has 0 saturated heterocycles. The molecule has 21 heavy (non-hydrogen) atoms. The van der Waals surface area contributed by atoms with E-state index in [1.165, 1.54) is 0 Å². The molecule has 0 aromatic heterocycles. The smallest absolute Gasteiger partial charge is 0.224 e. The summed E-state index contributed by atoms with van der Waals surface area (Å²) in [6, 6.07) is 5.70. The summed E-state index contributed by atoms with van der Waals surface area (Å²) in [5.41, 5.74) is 1.48. The fourth-order valence-corrected chi connectivity index (χ4v) is 2.35.